The first kappa shape index (κ1) is 16.6. The second kappa shape index (κ2) is 7.54. The molecule has 0 aromatic heterocycles. The van der Waals surface area contributed by atoms with Crippen molar-refractivity contribution in [3.63, 3.8) is 0 Å². The number of nitrogens with one attached hydrogen (secondary N) is 1. The zero-order valence-corrected chi connectivity index (χ0v) is 14.7. The van der Waals surface area contributed by atoms with E-state index in [2.05, 4.69) is 23.2 Å². The molecular formula is C19H30N2O2. The zero-order valence-electron chi connectivity index (χ0n) is 14.7. The van der Waals surface area contributed by atoms with Crippen molar-refractivity contribution in [2.75, 3.05) is 40.4 Å². The van der Waals surface area contributed by atoms with Crippen LogP contribution in [0.1, 0.15) is 43.4 Å². The molecule has 128 valence electrons. The van der Waals surface area contributed by atoms with E-state index in [-0.39, 0.29) is 0 Å². The summed E-state index contributed by atoms with van der Waals surface area (Å²) in [7, 11) is 3.44. The minimum atomic E-state index is 0.452. The Kier molecular flexibility index (Phi) is 5.44. The lowest BCUT2D eigenvalue weighted by Crippen LogP contribution is -2.38. The van der Waals surface area contributed by atoms with Crippen LogP contribution in [0.3, 0.4) is 0 Å². The molecule has 1 N–H and O–H groups in total. The Morgan fingerprint density at radius 3 is 2.61 bits per heavy atom. The first-order valence-electron chi connectivity index (χ1n) is 8.92. The molecule has 23 heavy (non-hydrogen) atoms. The molecule has 1 atom stereocenters. The molecule has 1 heterocycles. The fraction of sp³-hybridized carbons (Fsp3) is 0.684. The summed E-state index contributed by atoms with van der Waals surface area (Å²) in [5.41, 5.74) is 2.70. The van der Waals surface area contributed by atoms with Crippen molar-refractivity contribution >= 4 is 0 Å². The molecule has 1 aliphatic heterocycles. The van der Waals surface area contributed by atoms with Crippen LogP contribution in [0.25, 0.3) is 0 Å². The van der Waals surface area contributed by atoms with Crippen LogP contribution in [0.4, 0.5) is 0 Å². The molecule has 1 unspecified atom stereocenters. The van der Waals surface area contributed by atoms with Gasteiger partial charge in [-0.3, -0.25) is 0 Å². The van der Waals surface area contributed by atoms with Gasteiger partial charge in [0.25, 0.3) is 0 Å². The van der Waals surface area contributed by atoms with Gasteiger partial charge in [-0.1, -0.05) is 13.0 Å². The lowest BCUT2D eigenvalue weighted by atomic mass is 9.99. The van der Waals surface area contributed by atoms with Gasteiger partial charge < -0.3 is 19.7 Å². The predicted octanol–water partition coefficient (Wildman–Crippen LogP) is 3.01. The van der Waals surface area contributed by atoms with Crippen molar-refractivity contribution in [1.82, 2.24) is 10.2 Å². The summed E-state index contributed by atoms with van der Waals surface area (Å²) in [5.74, 6) is 2.66. The molecule has 0 spiro atoms. The maximum absolute atomic E-state index is 5.58. The standard InChI is InChI=1S/C19H30N2O2/c1-14-8-11-21(12-9-14)13-10-20-17-6-4-16-15(17)5-7-18(22-2)19(16)23-3/h5,7,14,17,20H,4,6,8-13H2,1-3H3. The molecule has 1 aromatic carbocycles. The van der Waals surface area contributed by atoms with Crippen molar-refractivity contribution in [2.24, 2.45) is 5.92 Å². The highest BCUT2D eigenvalue weighted by molar-refractivity contribution is 5.53. The molecule has 2 aliphatic rings. The molecule has 0 amide bonds. The molecule has 1 fully saturated rings. The minimum absolute atomic E-state index is 0.452. The number of benzene rings is 1. The normalized spacial score (nSPS) is 22.1. The smallest absolute Gasteiger partial charge is 0.164 e. The average Bonchev–Trinajstić information content (AvgIpc) is 2.99. The Bertz CT molecular complexity index is 524. The number of methoxy groups -OCH3 is 2. The maximum Gasteiger partial charge on any atom is 0.164 e. The third-order valence-corrected chi connectivity index (χ3v) is 5.44. The average molecular weight is 318 g/mol. The van der Waals surface area contributed by atoms with E-state index < -0.39 is 0 Å². The van der Waals surface area contributed by atoms with E-state index in [1.165, 1.54) is 37.1 Å². The fourth-order valence-corrected chi connectivity index (χ4v) is 3.93. The molecule has 3 rings (SSSR count). The van der Waals surface area contributed by atoms with Crippen LogP contribution in [-0.4, -0.2) is 45.3 Å². The lowest BCUT2D eigenvalue weighted by Gasteiger charge is -2.30. The Labute approximate surface area is 140 Å². The summed E-state index contributed by atoms with van der Waals surface area (Å²) in [4.78, 5) is 2.59. The quantitative estimate of drug-likeness (QED) is 0.874. The van der Waals surface area contributed by atoms with E-state index in [4.69, 9.17) is 9.47 Å². The van der Waals surface area contributed by atoms with Crippen molar-refractivity contribution in [1.29, 1.82) is 0 Å². The van der Waals surface area contributed by atoms with Gasteiger partial charge in [0, 0.05) is 24.7 Å². The fourth-order valence-electron chi connectivity index (χ4n) is 3.93. The van der Waals surface area contributed by atoms with Gasteiger partial charge in [-0.15, -0.1) is 0 Å². The molecule has 4 nitrogen and oxygen atoms in total. The SMILES string of the molecule is COc1ccc2c(c1OC)CCC2NCCN1CCC(C)CC1. The predicted molar refractivity (Wildman–Crippen MR) is 93.4 cm³/mol. The van der Waals surface area contributed by atoms with Gasteiger partial charge in [0.15, 0.2) is 11.5 Å². The van der Waals surface area contributed by atoms with Gasteiger partial charge in [0.1, 0.15) is 0 Å². The Balaban J connectivity index is 1.56. The van der Waals surface area contributed by atoms with Gasteiger partial charge in [0.2, 0.25) is 0 Å². The van der Waals surface area contributed by atoms with Crippen molar-refractivity contribution in [3.05, 3.63) is 23.3 Å². The summed E-state index contributed by atoms with van der Waals surface area (Å²) < 4.78 is 11.0. The highest BCUT2D eigenvalue weighted by Gasteiger charge is 2.27. The Morgan fingerprint density at radius 1 is 1.13 bits per heavy atom. The van der Waals surface area contributed by atoms with E-state index in [0.717, 1.165) is 43.3 Å². The maximum atomic E-state index is 5.58. The summed E-state index contributed by atoms with van der Waals surface area (Å²) >= 11 is 0. The van der Waals surface area contributed by atoms with Crippen molar-refractivity contribution in [2.45, 2.75) is 38.6 Å². The molecule has 4 heteroatoms. The molecule has 0 radical (unpaired) electrons. The van der Waals surface area contributed by atoms with Crippen LogP contribution in [0, 0.1) is 5.92 Å². The number of piperidine rings is 1. The summed E-state index contributed by atoms with van der Waals surface area (Å²) in [6.45, 7) is 7.11. The van der Waals surface area contributed by atoms with Crippen LogP contribution in [0.15, 0.2) is 12.1 Å². The topological polar surface area (TPSA) is 33.7 Å². The van der Waals surface area contributed by atoms with Crippen LogP contribution in [-0.2, 0) is 6.42 Å². The number of hydrogen-bond acceptors (Lipinski definition) is 4. The third-order valence-electron chi connectivity index (χ3n) is 5.44. The first-order valence-corrected chi connectivity index (χ1v) is 8.92. The van der Waals surface area contributed by atoms with Crippen LogP contribution >= 0.6 is 0 Å². The van der Waals surface area contributed by atoms with Gasteiger partial charge >= 0.3 is 0 Å². The highest BCUT2D eigenvalue weighted by Crippen LogP contribution is 2.42. The van der Waals surface area contributed by atoms with Crippen LogP contribution < -0.4 is 14.8 Å². The van der Waals surface area contributed by atoms with E-state index >= 15 is 0 Å². The molecule has 1 aromatic rings. The lowest BCUT2D eigenvalue weighted by molar-refractivity contribution is 0.191. The first-order chi connectivity index (χ1) is 11.2. The highest BCUT2D eigenvalue weighted by atomic mass is 16.5. The van der Waals surface area contributed by atoms with E-state index in [1.807, 2.05) is 6.07 Å². The second-order valence-corrected chi connectivity index (χ2v) is 6.94. The van der Waals surface area contributed by atoms with E-state index in [1.54, 1.807) is 14.2 Å². The Hall–Kier alpha value is -1.26. The van der Waals surface area contributed by atoms with Gasteiger partial charge in [-0.25, -0.2) is 0 Å². The van der Waals surface area contributed by atoms with E-state index in [9.17, 15) is 0 Å². The number of hydrogen-bond donors (Lipinski definition) is 1. The van der Waals surface area contributed by atoms with Gasteiger partial charge in [0.05, 0.1) is 14.2 Å². The number of likely N-dealkylation sites (tertiary alicyclic amines) is 1. The zero-order chi connectivity index (χ0) is 16.2. The molecular weight excluding hydrogens is 288 g/mol. The summed E-state index contributed by atoms with van der Waals surface area (Å²) in [6.07, 6.45) is 4.91. The molecule has 0 bridgehead atoms. The second-order valence-electron chi connectivity index (χ2n) is 6.94. The van der Waals surface area contributed by atoms with Crippen LogP contribution in [0.2, 0.25) is 0 Å². The number of nitrogens with zero attached hydrogens (tertiary/aromatic N) is 1. The number of rotatable bonds is 6. The number of fused-ring (bicyclic) bond motifs is 1. The molecule has 1 aliphatic carbocycles. The molecule has 0 saturated carbocycles. The largest absolute Gasteiger partial charge is 0.493 e. The summed E-state index contributed by atoms with van der Waals surface area (Å²) in [5, 5.41) is 3.75. The van der Waals surface area contributed by atoms with Crippen molar-refractivity contribution in [3.8, 4) is 11.5 Å². The van der Waals surface area contributed by atoms with E-state index in [0.29, 0.717) is 6.04 Å². The number of ether oxygens (including phenoxy) is 2. The monoisotopic (exact) mass is 318 g/mol. The van der Waals surface area contributed by atoms with Crippen LogP contribution in [0.5, 0.6) is 11.5 Å². The van der Waals surface area contributed by atoms with Crippen molar-refractivity contribution < 1.29 is 9.47 Å². The van der Waals surface area contributed by atoms with Gasteiger partial charge in [-0.05, 0) is 56.3 Å². The Morgan fingerprint density at radius 2 is 1.91 bits per heavy atom. The molecule has 1 saturated heterocycles. The minimum Gasteiger partial charge on any atom is -0.493 e. The van der Waals surface area contributed by atoms with Gasteiger partial charge in [-0.2, -0.15) is 0 Å². The third kappa shape index (κ3) is 3.64. The summed E-state index contributed by atoms with van der Waals surface area (Å²) in [6, 6.07) is 4.68.